The molecule has 4 nitrogen and oxygen atoms in total. The molecule has 1 aliphatic carbocycles. The van der Waals surface area contributed by atoms with Crippen molar-refractivity contribution in [2.75, 3.05) is 6.61 Å². The first-order valence-corrected chi connectivity index (χ1v) is 7.23. The molecule has 0 aromatic carbocycles. The summed E-state index contributed by atoms with van der Waals surface area (Å²) >= 11 is 0. The number of carbonyl (C=O) groups excluding carboxylic acids is 1. The number of esters is 1. The number of aromatic nitrogens is 2. The number of hydrogen-bond acceptors (Lipinski definition) is 3. The Morgan fingerprint density at radius 2 is 1.89 bits per heavy atom. The summed E-state index contributed by atoms with van der Waals surface area (Å²) in [4.78, 5) is 11.7. The minimum Gasteiger partial charge on any atom is -0.466 e. The summed E-state index contributed by atoms with van der Waals surface area (Å²) in [7, 11) is 0. The van der Waals surface area contributed by atoms with Crippen LogP contribution in [0.2, 0.25) is 0 Å². The maximum absolute atomic E-state index is 11.7. The Kier molecular flexibility index (Phi) is 4.27. The average Bonchev–Trinajstić information content (AvgIpc) is 2.67. The number of ether oxygens (including phenoxy) is 1. The lowest BCUT2D eigenvalue weighted by Gasteiger charge is -2.28. The molecule has 1 heterocycles. The highest BCUT2D eigenvalue weighted by Gasteiger charge is 2.29. The van der Waals surface area contributed by atoms with E-state index in [-0.39, 0.29) is 11.9 Å². The number of carbonyl (C=O) groups is 1. The predicted octanol–water partition coefficient (Wildman–Crippen LogP) is 3.10. The predicted molar refractivity (Wildman–Crippen MR) is 74.1 cm³/mol. The Hall–Kier alpha value is -1.32. The molecule has 0 radical (unpaired) electrons. The van der Waals surface area contributed by atoms with Crippen LogP contribution in [0.25, 0.3) is 0 Å². The van der Waals surface area contributed by atoms with E-state index in [1.54, 1.807) is 0 Å². The van der Waals surface area contributed by atoms with Gasteiger partial charge in [0.25, 0.3) is 0 Å². The lowest BCUT2D eigenvalue weighted by molar-refractivity contribution is -0.149. The van der Waals surface area contributed by atoms with Gasteiger partial charge in [0.2, 0.25) is 0 Å². The minimum absolute atomic E-state index is 0.0227. The highest BCUT2D eigenvalue weighted by atomic mass is 16.5. The summed E-state index contributed by atoms with van der Waals surface area (Å²) < 4.78 is 7.27. The van der Waals surface area contributed by atoms with Gasteiger partial charge >= 0.3 is 5.97 Å². The fraction of sp³-hybridized carbons (Fsp3) is 0.733. The van der Waals surface area contributed by atoms with Gasteiger partial charge in [-0.3, -0.25) is 9.48 Å². The van der Waals surface area contributed by atoms with Crippen molar-refractivity contribution in [1.82, 2.24) is 9.78 Å². The van der Waals surface area contributed by atoms with Crippen LogP contribution in [0.1, 0.15) is 55.6 Å². The van der Waals surface area contributed by atoms with Gasteiger partial charge in [-0.1, -0.05) is 0 Å². The second-order valence-corrected chi connectivity index (χ2v) is 5.50. The molecule has 1 aromatic heterocycles. The summed E-state index contributed by atoms with van der Waals surface area (Å²) in [5, 5.41) is 4.64. The average molecular weight is 264 g/mol. The molecule has 0 amide bonds. The van der Waals surface area contributed by atoms with Crippen LogP contribution in [-0.2, 0) is 9.53 Å². The Bertz CT molecular complexity index is 457. The molecule has 106 valence electrons. The first kappa shape index (κ1) is 14.1. The molecule has 1 aromatic rings. The van der Waals surface area contributed by atoms with Gasteiger partial charge < -0.3 is 4.74 Å². The lowest BCUT2D eigenvalue weighted by atomic mass is 9.86. The molecule has 2 rings (SSSR count). The summed E-state index contributed by atoms with van der Waals surface area (Å²) in [6.45, 7) is 8.66. The zero-order valence-corrected chi connectivity index (χ0v) is 12.4. The van der Waals surface area contributed by atoms with E-state index in [0.717, 1.165) is 31.4 Å². The first-order chi connectivity index (χ1) is 9.04. The van der Waals surface area contributed by atoms with Crippen molar-refractivity contribution in [2.45, 2.75) is 59.4 Å². The second kappa shape index (κ2) is 5.76. The molecule has 0 saturated heterocycles. The highest BCUT2D eigenvalue weighted by molar-refractivity contribution is 5.72. The fourth-order valence-corrected chi connectivity index (χ4v) is 2.92. The summed E-state index contributed by atoms with van der Waals surface area (Å²) in [6.07, 6.45) is 3.87. The van der Waals surface area contributed by atoms with Crippen molar-refractivity contribution in [3.05, 3.63) is 17.0 Å². The van der Waals surface area contributed by atoms with Crippen LogP contribution >= 0.6 is 0 Å². The van der Waals surface area contributed by atoms with Gasteiger partial charge in [0.05, 0.1) is 24.3 Å². The van der Waals surface area contributed by atoms with Gasteiger partial charge in [0.15, 0.2) is 0 Å². The zero-order valence-electron chi connectivity index (χ0n) is 12.4. The zero-order chi connectivity index (χ0) is 14.0. The lowest BCUT2D eigenvalue weighted by Crippen LogP contribution is -2.26. The van der Waals surface area contributed by atoms with Gasteiger partial charge in [0.1, 0.15) is 0 Å². The molecule has 0 bridgehead atoms. The van der Waals surface area contributed by atoms with Gasteiger partial charge in [0, 0.05) is 5.69 Å². The molecular weight excluding hydrogens is 240 g/mol. The van der Waals surface area contributed by atoms with Crippen molar-refractivity contribution in [1.29, 1.82) is 0 Å². The molecule has 0 unspecified atom stereocenters. The Morgan fingerprint density at radius 1 is 1.26 bits per heavy atom. The molecule has 0 aliphatic heterocycles. The molecule has 1 fully saturated rings. The number of nitrogens with zero attached hydrogens (tertiary/aromatic N) is 2. The standard InChI is InChI=1S/C15H24N2O2/c1-5-19-15(18)13-6-8-14(9-7-13)17-12(4)10(2)11(3)16-17/h13-14H,5-9H2,1-4H3/t13-,14-. The molecular formula is C15H24N2O2. The van der Waals surface area contributed by atoms with Crippen LogP contribution in [0.5, 0.6) is 0 Å². The quantitative estimate of drug-likeness (QED) is 0.788. The number of rotatable bonds is 3. The van der Waals surface area contributed by atoms with Crippen LogP contribution in [0.15, 0.2) is 0 Å². The Morgan fingerprint density at radius 3 is 2.37 bits per heavy atom. The molecule has 19 heavy (non-hydrogen) atoms. The van der Waals surface area contributed by atoms with Crippen LogP contribution in [0.3, 0.4) is 0 Å². The maximum Gasteiger partial charge on any atom is 0.308 e. The van der Waals surface area contributed by atoms with Crippen molar-refractivity contribution >= 4 is 5.97 Å². The maximum atomic E-state index is 11.7. The van der Waals surface area contributed by atoms with Crippen LogP contribution < -0.4 is 0 Å². The van der Waals surface area contributed by atoms with E-state index >= 15 is 0 Å². The summed E-state index contributed by atoms with van der Waals surface area (Å²) in [6, 6.07) is 0.443. The topological polar surface area (TPSA) is 44.1 Å². The Labute approximate surface area is 115 Å². The van der Waals surface area contributed by atoms with Crippen molar-refractivity contribution < 1.29 is 9.53 Å². The van der Waals surface area contributed by atoms with Crippen molar-refractivity contribution in [3.8, 4) is 0 Å². The monoisotopic (exact) mass is 264 g/mol. The van der Waals surface area contributed by atoms with Crippen molar-refractivity contribution in [3.63, 3.8) is 0 Å². The van der Waals surface area contributed by atoms with E-state index in [2.05, 4.69) is 30.6 Å². The van der Waals surface area contributed by atoms with Gasteiger partial charge in [-0.15, -0.1) is 0 Å². The molecule has 0 N–H and O–H groups in total. The molecule has 0 atom stereocenters. The van der Waals surface area contributed by atoms with Gasteiger partial charge in [-0.2, -0.15) is 5.10 Å². The normalized spacial score (nSPS) is 23.4. The SMILES string of the molecule is CCOC(=O)[C@H]1CC[C@H](n2nc(C)c(C)c2C)CC1. The molecule has 0 spiro atoms. The highest BCUT2D eigenvalue weighted by Crippen LogP contribution is 2.34. The van der Waals surface area contributed by atoms with Crippen LogP contribution in [0.4, 0.5) is 0 Å². The molecule has 1 aliphatic rings. The third kappa shape index (κ3) is 2.82. The van der Waals surface area contributed by atoms with Crippen LogP contribution in [0, 0.1) is 26.7 Å². The minimum atomic E-state index is -0.0227. The van der Waals surface area contributed by atoms with E-state index in [4.69, 9.17) is 4.74 Å². The third-order valence-corrected chi connectivity index (χ3v) is 4.35. The van der Waals surface area contributed by atoms with Crippen LogP contribution in [-0.4, -0.2) is 22.4 Å². The second-order valence-electron chi connectivity index (χ2n) is 5.50. The first-order valence-electron chi connectivity index (χ1n) is 7.23. The largest absolute Gasteiger partial charge is 0.466 e. The summed E-state index contributed by atoms with van der Waals surface area (Å²) in [5.74, 6) is 0.0692. The van der Waals surface area contributed by atoms with E-state index in [9.17, 15) is 4.79 Å². The smallest absolute Gasteiger partial charge is 0.308 e. The van der Waals surface area contributed by atoms with E-state index in [1.165, 1.54) is 11.3 Å². The van der Waals surface area contributed by atoms with Crippen molar-refractivity contribution in [2.24, 2.45) is 5.92 Å². The number of hydrogen-bond donors (Lipinski definition) is 0. The van der Waals surface area contributed by atoms with Gasteiger partial charge in [-0.05, 0) is 58.9 Å². The van der Waals surface area contributed by atoms with E-state index in [0.29, 0.717) is 12.6 Å². The molecule has 1 saturated carbocycles. The molecule has 4 heteroatoms. The van der Waals surface area contributed by atoms with Gasteiger partial charge in [-0.25, -0.2) is 0 Å². The number of aryl methyl sites for hydroxylation is 1. The Balaban J connectivity index is 2.00. The summed E-state index contributed by atoms with van der Waals surface area (Å²) in [5.41, 5.74) is 3.66. The third-order valence-electron chi connectivity index (χ3n) is 4.35. The van der Waals surface area contributed by atoms with E-state index < -0.39 is 0 Å². The fourth-order valence-electron chi connectivity index (χ4n) is 2.92. The van der Waals surface area contributed by atoms with E-state index in [1.807, 2.05) is 6.92 Å².